The number of hydrogen-bond donors (Lipinski definition) is 2. The van der Waals surface area contributed by atoms with Crippen LogP contribution in [-0.2, 0) is 4.79 Å². The van der Waals surface area contributed by atoms with E-state index in [0.29, 0.717) is 17.8 Å². The lowest BCUT2D eigenvalue weighted by Crippen LogP contribution is -3.10. The van der Waals surface area contributed by atoms with Crippen molar-refractivity contribution in [1.82, 2.24) is 10.2 Å². The number of aromatic amines is 1. The fourth-order valence-corrected chi connectivity index (χ4v) is 5.01. The van der Waals surface area contributed by atoms with Crippen LogP contribution in [0.5, 0.6) is 0 Å². The van der Waals surface area contributed by atoms with Gasteiger partial charge in [-0.05, 0) is 48.9 Å². The van der Waals surface area contributed by atoms with Gasteiger partial charge in [-0.15, -0.1) is 0 Å². The molecule has 2 N–H and O–H groups in total. The second-order valence-corrected chi connectivity index (χ2v) is 9.58. The maximum absolute atomic E-state index is 14.8. The number of carbonyl (C=O) groups is 1. The Labute approximate surface area is 226 Å². The van der Waals surface area contributed by atoms with E-state index < -0.39 is 23.8 Å². The topological polar surface area (TPSA) is 73.2 Å². The summed E-state index contributed by atoms with van der Waals surface area (Å²) < 4.78 is 73.3. The number of hydrogen-bond acceptors (Lipinski definition) is 3. The van der Waals surface area contributed by atoms with Gasteiger partial charge in [0, 0.05) is 28.8 Å². The van der Waals surface area contributed by atoms with Crippen LogP contribution in [0.4, 0.5) is 26.3 Å². The van der Waals surface area contributed by atoms with E-state index in [0.717, 1.165) is 23.9 Å². The standard InChI is InChI=1S/C27H24F3N3.C2HF3O2/c1-17(18-5-3-2-4-6-18)33-15-23(22-12-11-21(29)13-25(22)30)24(16-33)27-14-26(31-32-27)19-7-9-20(28)10-8-19;3-2(4,5)1(6)7/h2-14,17,23-24H,15-16H2,1H3,(H,31,32);(H,6,7)/t17?,23-,24+;/m0./s1. The largest absolute Gasteiger partial charge is 0.542 e. The van der Waals surface area contributed by atoms with Gasteiger partial charge >= 0.3 is 6.18 Å². The third-order valence-electron chi connectivity index (χ3n) is 7.09. The van der Waals surface area contributed by atoms with Crippen LogP contribution in [0.25, 0.3) is 11.3 Å². The smallest absolute Gasteiger partial charge is 0.430 e. The van der Waals surface area contributed by atoms with Crippen molar-refractivity contribution in [3.05, 3.63) is 113 Å². The number of carboxylic acids is 1. The molecule has 0 spiro atoms. The first kappa shape index (κ1) is 28.9. The third kappa shape index (κ3) is 6.71. The minimum absolute atomic E-state index is 0.0205. The molecule has 11 heteroatoms. The van der Waals surface area contributed by atoms with Crippen molar-refractivity contribution in [2.75, 3.05) is 13.1 Å². The number of H-pyrrole nitrogens is 1. The minimum Gasteiger partial charge on any atom is -0.542 e. The highest BCUT2D eigenvalue weighted by Gasteiger charge is 2.42. The number of likely N-dealkylation sites (tertiary alicyclic amines) is 1. The van der Waals surface area contributed by atoms with Crippen LogP contribution in [0.15, 0.2) is 78.9 Å². The van der Waals surface area contributed by atoms with Crippen LogP contribution in [0.2, 0.25) is 0 Å². The average Bonchev–Trinajstić information content (AvgIpc) is 3.57. The second kappa shape index (κ2) is 12.0. The average molecular weight is 562 g/mol. The Bertz CT molecular complexity index is 1440. The van der Waals surface area contributed by atoms with Crippen molar-refractivity contribution >= 4 is 5.97 Å². The van der Waals surface area contributed by atoms with E-state index in [9.17, 15) is 26.3 Å². The summed E-state index contributed by atoms with van der Waals surface area (Å²) in [6.07, 6.45) is -5.19. The molecular formula is C29H25F6N3O2. The van der Waals surface area contributed by atoms with Crippen molar-refractivity contribution < 1.29 is 41.1 Å². The van der Waals surface area contributed by atoms with Crippen LogP contribution in [0, 0.1) is 17.5 Å². The molecule has 1 aliphatic heterocycles. The summed E-state index contributed by atoms with van der Waals surface area (Å²) in [6, 6.07) is 22.5. The number of carbonyl (C=O) groups excluding carboxylic acids is 1. The lowest BCUT2D eigenvalue weighted by Gasteiger charge is -2.22. The molecule has 3 aromatic carbocycles. The Morgan fingerprint density at radius 3 is 2.12 bits per heavy atom. The molecule has 2 heterocycles. The van der Waals surface area contributed by atoms with E-state index in [2.05, 4.69) is 29.3 Å². The molecule has 4 aromatic rings. The fraction of sp³-hybridized carbons (Fsp3) is 0.241. The van der Waals surface area contributed by atoms with Crippen LogP contribution in [0.1, 0.15) is 41.6 Å². The number of benzene rings is 3. The summed E-state index contributed by atoms with van der Waals surface area (Å²) in [7, 11) is 0. The number of nitrogens with one attached hydrogen (secondary N) is 2. The van der Waals surface area contributed by atoms with Crippen LogP contribution in [0.3, 0.4) is 0 Å². The first-order valence-electron chi connectivity index (χ1n) is 12.4. The molecule has 1 aromatic heterocycles. The summed E-state index contributed by atoms with van der Waals surface area (Å²) in [5.74, 6) is -4.55. The van der Waals surface area contributed by atoms with Crippen LogP contribution < -0.4 is 10.0 Å². The zero-order valence-corrected chi connectivity index (χ0v) is 21.2. The van der Waals surface area contributed by atoms with E-state index in [1.807, 2.05) is 24.3 Å². The van der Waals surface area contributed by atoms with E-state index in [-0.39, 0.29) is 23.7 Å². The first-order chi connectivity index (χ1) is 18.9. The highest BCUT2D eigenvalue weighted by Crippen LogP contribution is 2.37. The van der Waals surface area contributed by atoms with Gasteiger partial charge in [0.25, 0.3) is 0 Å². The number of nitrogens with zero attached hydrogens (tertiary/aromatic N) is 1. The Hall–Kier alpha value is -4.12. The van der Waals surface area contributed by atoms with Crippen molar-refractivity contribution in [1.29, 1.82) is 0 Å². The lowest BCUT2D eigenvalue weighted by molar-refractivity contribution is -0.918. The quantitative estimate of drug-likeness (QED) is 0.357. The van der Waals surface area contributed by atoms with Gasteiger partial charge in [0.05, 0.1) is 24.7 Å². The number of rotatable bonds is 5. The zero-order chi connectivity index (χ0) is 29.0. The Kier molecular flexibility index (Phi) is 8.63. The number of carboxylic acid groups (broad SMARTS) is 1. The Morgan fingerprint density at radius 1 is 0.925 bits per heavy atom. The van der Waals surface area contributed by atoms with Crippen molar-refractivity contribution in [2.24, 2.45) is 0 Å². The molecule has 5 rings (SSSR count). The van der Waals surface area contributed by atoms with Gasteiger partial charge in [0.1, 0.15) is 29.5 Å². The molecule has 5 nitrogen and oxygen atoms in total. The van der Waals surface area contributed by atoms with E-state index in [4.69, 9.17) is 9.90 Å². The van der Waals surface area contributed by atoms with Gasteiger partial charge in [0.15, 0.2) is 0 Å². The molecule has 40 heavy (non-hydrogen) atoms. The molecular weight excluding hydrogens is 536 g/mol. The molecule has 1 fully saturated rings. The molecule has 0 amide bonds. The van der Waals surface area contributed by atoms with Crippen molar-refractivity contribution in [2.45, 2.75) is 31.0 Å². The monoisotopic (exact) mass is 561 g/mol. The number of halogens is 6. The fourth-order valence-electron chi connectivity index (χ4n) is 5.01. The number of alkyl halides is 3. The lowest BCUT2D eigenvalue weighted by atomic mass is 9.86. The molecule has 210 valence electrons. The molecule has 0 aliphatic carbocycles. The van der Waals surface area contributed by atoms with Gasteiger partial charge in [-0.25, -0.2) is 13.2 Å². The highest BCUT2D eigenvalue weighted by molar-refractivity contribution is 5.70. The number of quaternary nitrogens is 1. The van der Waals surface area contributed by atoms with Gasteiger partial charge < -0.3 is 14.8 Å². The zero-order valence-electron chi connectivity index (χ0n) is 21.2. The van der Waals surface area contributed by atoms with Gasteiger partial charge in [-0.2, -0.15) is 18.3 Å². The third-order valence-corrected chi connectivity index (χ3v) is 7.09. The maximum atomic E-state index is 14.8. The van der Waals surface area contributed by atoms with Gasteiger partial charge in [-0.3, -0.25) is 5.10 Å². The Balaban J connectivity index is 0.000000470. The van der Waals surface area contributed by atoms with Gasteiger partial charge in [0.2, 0.25) is 0 Å². The summed E-state index contributed by atoms with van der Waals surface area (Å²) in [5, 5.41) is 16.4. The molecule has 2 unspecified atom stereocenters. The normalized spacial score (nSPS) is 19.5. The van der Waals surface area contributed by atoms with Crippen molar-refractivity contribution in [3.8, 4) is 11.3 Å². The SMILES string of the molecule is CC(c1ccccc1)[NH+]1C[C@@H](c2cc(-c3ccc(F)cc3)n[nH]2)[C@H](c2ccc(F)cc2F)C1.O=C([O-])C(F)(F)F. The predicted molar refractivity (Wildman–Crippen MR) is 132 cm³/mol. The summed E-state index contributed by atoms with van der Waals surface area (Å²) in [4.78, 5) is 10.1. The van der Waals surface area contributed by atoms with E-state index >= 15 is 0 Å². The minimum atomic E-state index is -5.19. The van der Waals surface area contributed by atoms with E-state index in [1.54, 1.807) is 18.2 Å². The van der Waals surface area contributed by atoms with E-state index in [1.165, 1.54) is 28.7 Å². The summed E-state index contributed by atoms with van der Waals surface area (Å²) in [5.41, 5.74) is 4.17. The van der Waals surface area contributed by atoms with Crippen LogP contribution in [-0.4, -0.2) is 35.4 Å². The number of aromatic nitrogens is 2. The Morgan fingerprint density at radius 2 is 1.52 bits per heavy atom. The second-order valence-electron chi connectivity index (χ2n) is 9.58. The number of aliphatic carboxylic acids is 1. The molecule has 0 radical (unpaired) electrons. The predicted octanol–water partition coefficient (Wildman–Crippen LogP) is 4.32. The molecule has 0 bridgehead atoms. The summed E-state index contributed by atoms with van der Waals surface area (Å²) in [6.45, 7) is 3.68. The first-order valence-corrected chi connectivity index (χ1v) is 12.4. The maximum Gasteiger partial charge on any atom is 0.430 e. The molecule has 1 saturated heterocycles. The van der Waals surface area contributed by atoms with Gasteiger partial charge in [-0.1, -0.05) is 36.4 Å². The summed E-state index contributed by atoms with van der Waals surface area (Å²) >= 11 is 0. The molecule has 0 saturated carbocycles. The molecule has 1 aliphatic rings. The molecule has 4 atom stereocenters. The van der Waals surface area contributed by atoms with Crippen LogP contribution >= 0.6 is 0 Å². The van der Waals surface area contributed by atoms with Crippen molar-refractivity contribution in [3.63, 3.8) is 0 Å². The highest BCUT2D eigenvalue weighted by atomic mass is 19.4.